The summed E-state index contributed by atoms with van der Waals surface area (Å²) in [5.41, 5.74) is 1.27. The van der Waals surface area contributed by atoms with Gasteiger partial charge < -0.3 is 19.7 Å². The van der Waals surface area contributed by atoms with E-state index in [9.17, 15) is 0 Å². The lowest BCUT2D eigenvalue weighted by atomic mass is 9.97. The van der Waals surface area contributed by atoms with Gasteiger partial charge in [0.15, 0.2) is 5.96 Å². The van der Waals surface area contributed by atoms with E-state index in [-0.39, 0.29) is 24.0 Å². The van der Waals surface area contributed by atoms with Crippen LogP contribution in [0.2, 0.25) is 0 Å². The fourth-order valence-electron chi connectivity index (χ4n) is 3.44. The van der Waals surface area contributed by atoms with Crippen LogP contribution in [0.15, 0.2) is 21.7 Å². The van der Waals surface area contributed by atoms with Gasteiger partial charge in [-0.15, -0.1) is 24.0 Å². The number of piperidine rings is 1. The van der Waals surface area contributed by atoms with Crippen molar-refractivity contribution in [2.24, 2.45) is 18.0 Å². The first-order valence-corrected chi connectivity index (χ1v) is 10.2. The third kappa shape index (κ3) is 7.03. The molecule has 0 aliphatic carbocycles. The normalized spacial score (nSPS) is 18.7. The Bertz CT molecular complexity index is 572. The van der Waals surface area contributed by atoms with E-state index in [1.807, 2.05) is 0 Å². The molecule has 1 fully saturated rings. The van der Waals surface area contributed by atoms with Gasteiger partial charge in [0.1, 0.15) is 0 Å². The summed E-state index contributed by atoms with van der Waals surface area (Å²) in [5.74, 6) is 1.67. The number of aryl methyl sites for hydroxylation is 1. The monoisotopic (exact) mass is 539 g/mol. The number of aliphatic imine (C=N–C) groups is 1. The van der Waals surface area contributed by atoms with Crippen molar-refractivity contribution in [1.82, 2.24) is 19.7 Å². The Balaban J connectivity index is 0.00000338. The maximum Gasteiger partial charge on any atom is 0.194 e. The number of halogens is 2. The van der Waals surface area contributed by atoms with Crippen LogP contribution >= 0.6 is 39.9 Å². The van der Waals surface area contributed by atoms with Crippen molar-refractivity contribution < 1.29 is 0 Å². The van der Waals surface area contributed by atoms with Gasteiger partial charge in [-0.1, -0.05) is 0 Å². The number of likely N-dealkylation sites (tertiary alicyclic amines) is 1. The van der Waals surface area contributed by atoms with Gasteiger partial charge in [0.25, 0.3) is 0 Å². The van der Waals surface area contributed by atoms with Gasteiger partial charge in [0, 0.05) is 56.1 Å². The standard InChI is InChI=1S/C19H34BrN5.HI/c1-6-21-19(24(5)14-18-10-17(20)13-23(18)4)22-11-16-8-7-9-25(12-16)15(2)3;/h10,13,15-16H,6-9,11-12,14H2,1-5H3,(H,21,22);1H. The molecule has 5 nitrogen and oxygen atoms in total. The van der Waals surface area contributed by atoms with Crippen molar-refractivity contribution in [3.63, 3.8) is 0 Å². The number of hydrogen-bond donors (Lipinski definition) is 1. The zero-order chi connectivity index (χ0) is 18.4. The molecule has 1 aromatic heterocycles. The molecule has 2 heterocycles. The second-order valence-corrected chi connectivity index (χ2v) is 8.32. The molecule has 1 aromatic rings. The molecule has 1 aliphatic rings. The summed E-state index contributed by atoms with van der Waals surface area (Å²) in [5, 5.41) is 3.44. The number of aromatic nitrogens is 1. The Kier molecular flexibility index (Phi) is 10.5. The van der Waals surface area contributed by atoms with Crippen molar-refractivity contribution in [3.05, 3.63) is 22.4 Å². The minimum Gasteiger partial charge on any atom is -0.357 e. The van der Waals surface area contributed by atoms with E-state index in [2.05, 4.69) is 82.7 Å². The molecule has 1 saturated heterocycles. The number of hydrogen-bond acceptors (Lipinski definition) is 2. The summed E-state index contributed by atoms with van der Waals surface area (Å²) in [6, 6.07) is 2.81. The minimum atomic E-state index is 0. The third-order valence-electron chi connectivity index (χ3n) is 4.95. The molecule has 150 valence electrons. The molecule has 7 heteroatoms. The Morgan fingerprint density at radius 3 is 2.77 bits per heavy atom. The Hall–Kier alpha value is -0.280. The van der Waals surface area contributed by atoms with E-state index in [0.29, 0.717) is 12.0 Å². The van der Waals surface area contributed by atoms with Crippen LogP contribution in [0.4, 0.5) is 0 Å². The van der Waals surface area contributed by atoms with Gasteiger partial charge in [-0.2, -0.15) is 0 Å². The second-order valence-electron chi connectivity index (χ2n) is 7.41. The van der Waals surface area contributed by atoms with Crippen molar-refractivity contribution >= 4 is 45.9 Å². The quantitative estimate of drug-likeness (QED) is 0.338. The molecular formula is C19H35BrIN5. The maximum atomic E-state index is 4.95. The van der Waals surface area contributed by atoms with E-state index >= 15 is 0 Å². The lowest BCUT2D eigenvalue weighted by Crippen LogP contribution is -2.42. The van der Waals surface area contributed by atoms with Crippen molar-refractivity contribution in [1.29, 1.82) is 0 Å². The van der Waals surface area contributed by atoms with E-state index in [1.165, 1.54) is 31.6 Å². The largest absolute Gasteiger partial charge is 0.357 e. The Morgan fingerprint density at radius 2 is 2.19 bits per heavy atom. The van der Waals surface area contributed by atoms with E-state index in [0.717, 1.165) is 30.1 Å². The molecule has 1 unspecified atom stereocenters. The highest BCUT2D eigenvalue weighted by molar-refractivity contribution is 14.0. The summed E-state index contributed by atoms with van der Waals surface area (Å²) in [7, 11) is 4.20. The first-order chi connectivity index (χ1) is 11.9. The summed E-state index contributed by atoms with van der Waals surface area (Å²) < 4.78 is 3.28. The lowest BCUT2D eigenvalue weighted by molar-refractivity contribution is 0.143. The second kappa shape index (κ2) is 11.5. The van der Waals surface area contributed by atoms with Gasteiger partial charge in [-0.3, -0.25) is 4.99 Å². The number of nitrogens with one attached hydrogen (secondary N) is 1. The van der Waals surface area contributed by atoms with E-state index < -0.39 is 0 Å². The van der Waals surface area contributed by atoms with Gasteiger partial charge >= 0.3 is 0 Å². The molecule has 0 bridgehead atoms. The van der Waals surface area contributed by atoms with Crippen LogP contribution in [0.3, 0.4) is 0 Å². The predicted octanol–water partition coefficient (Wildman–Crippen LogP) is 3.92. The van der Waals surface area contributed by atoms with Gasteiger partial charge in [-0.05, 0) is 68.1 Å². The molecule has 0 saturated carbocycles. The summed E-state index contributed by atoms with van der Waals surface area (Å²) >= 11 is 3.55. The van der Waals surface area contributed by atoms with Gasteiger partial charge in [-0.25, -0.2) is 0 Å². The molecule has 2 rings (SSSR count). The average Bonchev–Trinajstić information content (AvgIpc) is 2.88. The zero-order valence-corrected chi connectivity index (χ0v) is 20.8. The maximum absolute atomic E-state index is 4.95. The Morgan fingerprint density at radius 1 is 1.46 bits per heavy atom. The summed E-state index contributed by atoms with van der Waals surface area (Å²) in [6.07, 6.45) is 4.68. The van der Waals surface area contributed by atoms with Gasteiger partial charge in [0.2, 0.25) is 0 Å². The van der Waals surface area contributed by atoms with Crippen LogP contribution in [0.5, 0.6) is 0 Å². The van der Waals surface area contributed by atoms with E-state index in [4.69, 9.17) is 4.99 Å². The third-order valence-corrected chi connectivity index (χ3v) is 5.38. The van der Waals surface area contributed by atoms with Crippen LogP contribution in [0, 0.1) is 5.92 Å². The molecule has 0 amide bonds. The number of rotatable bonds is 6. The molecule has 0 aromatic carbocycles. The number of nitrogens with zero attached hydrogens (tertiary/aromatic N) is 4. The molecule has 0 spiro atoms. The average molecular weight is 540 g/mol. The smallest absolute Gasteiger partial charge is 0.194 e. The van der Waals surface area contributed by atoms with E-state index in [1.54, 1.807) is 0 Å². The minimum absolute atomic E-state index is 0. The highest BCUT2D eigenvalue weighted by Crippen LogP contribution is 2.19. The summed E-state index contributed by atoms with van der Waals surface area (Å²) in [4.78, 5) is 9.75. The van der Waals surface area contributed by atoms with Crippen molar-refractivity contribution in [3.8, 4) is 0 Å². The highest BCUT2D eigenvalue weighted by atomic mass is 127. The summed E-state index contributed by atoms with van der Waals surface area (Å²) in [6.45, 7) is 11.8. The fraction of sp³-hybridized carbons (Fsp3) is 0.737. The van der Waals surface area contributed by atoms with Crippen molar-refractivity contribution in [2.75, 3.05) is 33.2 Å². The molecule has 1 atom stereocenters. The lowest BCUT2D eigenvalue weighted by Gasteiger charge is -2.35. The van der Waals surface area contributed by atoms with Crippen molar-refractivity contribution in [2.45, 2.75) is 46.2 Å². The molecular weight excluding hydrogens is 505 g/mol. The molecule has 1 N–H and O–H groups in total. The fourth-order valence-corrected chi connectivity index (χ4v) is 4.01. The topological polar surface area (TPSA) is 35.8 Å². The molecule has 0 radical (unpaired) electrons. The van der Waals surface area contributed by atoms with Crippen LogP contribution in [-0.4, -0.2) is 59.6 Å². The SMILES string of the molecule is CCNC(=NCC1CCCN(C(C)C)C1)N(C)Cc1cc(Br)cn1C.I. The first-order valence-electron chi connectivity index (χ1n) is 9.45. The van der Waals surface area contributed by atoms with Crippen LogP contribution in [0.25, 0.3) is 0 Å². The van der Waals surface area contributed by atoms with Gasteiger partial charge in [0.05, 0.1) is 6.54 Å². The Labute approximate surface area is 184 Å². The first kappa shape index (κ1) is 23.8. The zero-order valence-electron chi connectivity index (χ0n) is 16.8. The van der Waals surface area contributed by atoms with Crippen LogP contribution in [-0.2, 0) is 13.6 Å². The molecule has 26 heavy (non-hydrogen) atoms. The van der Waals surface area contributed by atoms with Crippen LogP contribution in [0.1, 0.15) is 39.3 Å². The predicted molar refractivity (Wildman–Crippen MR) is 125 cm³/mol. The number of guanidine groups is 1. The van der Waals surface area contributed by atoms with Crippen LogP contribution < -0.4 is 5.32 Å². The molecule has 1 aliphatic heterocycles. The highest BCUT2D eigenvalue weighted by Gasteiger charge is 2.21.